The average Bonchev–Trinajstić information content (AvgIpc) is 2.87. The van der Waals surface area contributed by atoms with Crippen LogP contribution in [0.1, 0.15) is 11.5 Å². The van der Waals surface area contributed by atoms with Crippen LogP contribution in [-0.4, -0.2) is 21.6 Å². The summed E-state index contributed by atoms with van der Waals surface area (Å²) in [7, 11) is 0. The molecule has 1 aromatic carbocycles. The van der Waals surface area contributed by atoms with Gasteiger partial charge in [0.15, 0.2) is 6.33 Å². The van der Waals surface area contributed by atoms with E-state index < -0.39 is 4.92 Å². The van der Waals surface area contributed by atoms with Gasteiger partial charge in [-0.1, -0.05) is 16.8 Å². The zero-order valence-corrected chi connectivity index (χ0v) is 10.6. The Morgan fingerprint density at radius 1 is 1.47 bits per heavy atom. The molecule has 0 aliphatic heterocycles. The summed E-state index contributed by atoms with van der Waals surface area (Å²) in [6, 6.07) is 4.48. The van der Waals surface area contributed by atoms with Crippen LogP contribution in [-0.2, 0) is 13.0 Å². The van der Waals surface area contributed by atoms with Crippen molar-refractivity contribution in [2.75, 3.05) is 6.54 Å². The van der Waals surface area contributed by atoms with Gasteiger partial charge in [-0.05, 0) is 12.1 Å². The number of nitrogens with one attached hydrogen (secondary N) is 1. The van der Waals surface area contributed by atoms with Gasteiger partial charge >= 0.3 is 0 Å². The van der Waals surface area contributed by atoms with Gasteiger partial charge in [0.1, 0.15) is 0 Å². The van der Waals surface area contributed by atoms with Crippen molar-refractivity contribution in [1.82, 2.24) is 15.5 Å². The zero-order chi connectivity index (χ0) is 13.7. The first-order valence-electron chi connectivity index (χ1n) is 5.56. The lowest BCUT2D eigenvalue weighted by Crippen LogP contribution is -2.17. The van der Waals surface area contributed by atoms with Gasteiger partial charge in [-0.25, -0.2) is 0 Å². The highest BCUT2D eigenvalue weighted by molar-refractivity contribution is 6.30. The Morgan fingerprint density at radius 3 is 3.00 bits per heavy atom. The van der Waals surface area contributed by atoms with E-state index in [1.807, 2.05) is 0 Å². The van der Waals surface area contributed by atoms with Crippen LogP contribution in [0.2, 0.25) is 5.02 Å². The van der Waals surface area contributed by atoms with Crippen molar-refractivity contribution in [3.63, 3.8) is 0 Å². The maximum atomic E-state index is 10.9. The van der Waals surface area contributed by atoms with E-state index >= 15 is 0 Å². The van der Waals surface area contributed by atoms with Gasteiger partial charge < -0.3 is 9.84 Å². The normalized spacial score (nSPS) is 10.6. The summed E-state index contributed by atoms with van der Waals surface area (Å²) in [4.78, 5) is 14.3. The number of nitro benzene ring substituents is 1. The molecule has 0 amide bonds. The Kier molecular flexibility index (Phi) is 4.43. The summed E-state index contributed by atoms with van der Waals surface area (Å²) in [6.45, 7) is 0.927. The van der Waals surface area contributed by atoms with Gasteiger partial charge in [-0.2, -0.15) is 4.98 Å². The number of nitrogens with zero attached hydrogens (tertiary/aromatic N) is 3. The van der Waals surface area contributed by atoms with Crippen molar-refractivity contribution in [3.8, 4) is 0 Å². The first-order chi connectivity index (χ1) is 9.16. The molecule has 1 aromatic heterocycles. The van der Waals surface area contributed by atoms with Crippen molar-refractivity contribution in [3.05, 3.63) is 51.1 Å². The van der Waals surface area contributed by atoms with Crippen LogP contribution in [0.5, 0.6) is 0 Å². The summed E-state index contributed by atoms with van der Waals surface area (Å²) >= 11 is 5.83. The van der Waals surface area contributed by atoms with E-state index in [1.54, 1.807) is 6.07 Å². The molecule has 0 fully saturated rings. The largest absolute Gasteiger partial charge is 0.340 e. The quantitative estimate of drug-likeness (QED) is 0.494. The molecule has 0 bridgehead atoms. The lowest BCUT2D eigenvalue weighted by atomic mass is 10.2. The van der Waals surface area contributed by atoms with Crippen LogP contribution >= 0.6 is 11.6 Å². The van der Waals surface area contributed by atoms with Gasteiger partial charge in [-0.3, -0.25) is 10.1 Å². The summed E-state index contributed by atoms with van der Waals surface area (Å²) < 4.78 is 4.84. The Bertz CT molecular complexity index is 559. The molecule has 100 valence electrons. The Hall–Kier alpha value is -1.99. The van der Waals surface area contributed by atoms with Crippen molar-refractivity contribution < 1.29 is 9.45 Å². The molecule has 0 saturated heterocycles. The molecule has 1 N–H and O–H groups in total. The predicted molar refractivity (Wildman–Crippen MR) is 67.8 cm³/mol. The molecule has 19 heavy (non-hydrogen) atoms. The van der Waals surface area contributed by atoms with E-state index in [1.165, 1.54) is 18.5 Å². The van der Waals surface area contributed by atoms with E-state index in [4.69, 9.17) is 16.1 Å². The van der Waals surface area contributed by atoms with E-state index in [0.717, 1.165) is 0 Å². The molecule has 0 radical (unpaired) electrons. The third-order valence-corrected chi connectivity index (χ3v) is 2.71. The number of nitro groups is 1. The summed E-state index contributed by atoms with van der Waals surface area (Å²) in [5.41, 5.74) is 0.595. The number of aromatic nitrogens is 2. The molecular weight excluding hydrogens is 272 g/mol. The van der Waals surface area contributed by atoms with E-state index in [9.17, 15) is 10.1 Å². The Labute approximate surface area is 113 Å². The van der Waals surface area contributed by atoms with Crippen molar-refractivity contribution in [2.45, 2.75) is 13.0 Å². The minimum atomic E-state index is -0.425. The second-order valence-corrected chi connectivity index (χ2v) is 4.23. The fourth-order valence-electron chi connectivity index (χ4n) is 1.60. The van der Waals surface area contributed by atoms with Crippen molar-refractivity contribution in [1.29, 1.82) is 0 Å². The predicted octanol–water partition coefficient (Wildman–Crippen LogP) is 1.96. The molecule has 2 aromatic rings. The fourth-order valence-corrected chi connectivity index (χ4v) is 1.79. The minimum absolute atomic E-state index is 0.0506. The Morgan fingerprint density at radius 2 is 2.32 bits per heavy atom. The molecule has 8 heteroatoms. The van der Waals surface area contributed by atoms with Crippen LogP contribution in [0, 0.1) is 10.1 Å². The van der Waals surface area contributed by atoms with Gasteiger partial charge in [0.05, 0.1) is 4.92 Å². The second-order valence-electron chi connectivity index (χ2n) is 3.79. The molecule has 0 spiro atoms. The smallest absolute Gasteiger partial charge is 0.273 e. The first-order valence-corrected chi connectivity index (χ1v) is 5.93. The number of rotatable bonds is 6. The maximum Gasteiger partial charge on any atom is 0.273 e. The van der Waals surface area contributed by atoms with Gasteiger partial charge in [0.25, 0.3) is 5.69 Å². The fraction of sp³-hybridized carbons (Fsp3) is 0.273. The topological polar surface area (TPSA) is 94.1 Å². The molecule has 0 saturated carbocycles. The standard InChI is InChI=1S/C11H11ClN4O3/c12-9-1-2-10(16(17)18)8(5-9)6-13-4-3-11-14-7-15-19-11/h1-2,5,7,13H,3-4,6H2. The molecule has 7 nitrogen and oxygen atoms in total. The molecule has 1 heterocycles. The Balaban J connectivity index is 1.91. The van der Waals surface area contributed by atoms with Crippen LogP contribution in [0.25, 0.3) is 0 Å². The molecule has 0 aliphatic rings. The van der Waals surface area contributed by atoms with Gasteiger partial charge in [0, 0.05) is 36.2 Å². The molecule has 0 unspecified atom stereocenters. The summed E-state index contributed by atoms with van der Waals surface area (Å²) in [6.07, 6.45) is 1.89. The monoisotopic (exact) mass is 282 g/mol. The van der Waals surface area contributed by atoms with E-state index in [2.05, 4.69) is 15.5 Å². The van der Waals surface area contributed by atoms with Gasteiger partial charge in [0.2, 0.25) is 5.89 Å². The van der Waals surface area contributed by atoms with Crippen LogP contribution in [0.3, 0.4) is 0 Å². The third kappa shape index (κ3) is 3.73. The molecule has 2 rings (SSSR count). The summed E-state index contributed by atoms with van der Waals surface area (Å²) in [5.74, 6) is 0.521. The van der Waals surface area contributed by atoms with Crippen molar-refractivity contribution >= 4 is 17.3 Å². The average molecular weight is 283 g/mol. The summed E-state index contributed by atoms with van der Waals surface area (Å²) in [5, 5.41) is 17.9. The van der Waals surface area contributed by atoms with Gasteiger partial charge in [-0.15, -0.1) is 0 Å². The number of hydrogen-bond donors (Lipinski definition) is 1. The van der Waals surface area contributed by atoms with Crippen LogP contribution in [0.15, 0.2) is 29.0 Å². The molecule has 0 atom stereocenters. The zero-order valence-electron chi connectivity index (χ0n) is 9.88. The minimum Gasteiger partial charge on any atom is -0.340 e. The van der Waals surface area contributed by atoms with E-state index in [-0.39, 0.29) is 5.69 Å². The SMILES string of the molecule is O=[N+]([O-])c1ccc(Cl)cc1CNCCc1ncno1. The number of benzene rings is 1. The highest BCUT2D eigenvalue weighted by Gasteiger charge is 2.13. The lowest BCUT2D eigenvalue weighted by Gasteiger charge is -2.05. The first kappa shape index (κ1) is 13.4. The van der Waals surface area contributed by atoms with Crippen LogP contribution < -0.4 is 5.32 Å². The molecular formula is C11H11ClN4O3. The maximum absolute atomic E-state index is 10.9. The number of halogens is 1. The molecule has 0 aliphatic carbocycles. The third-order valence-electron chi connectivity index (χ3n) is 2.48. The number of hydrogen-bond acceptors (Lipinski definition) is 6. The second kappa shape index (κ2) is 6.26. The van der Waals surface area contributed by atoms with Crippen LogP contribution in [0.4, 0.5) is 5.69 Å². The lowest BCUT2D eigenvalue weighted by molar-refractivity contribution is -0.385. The van der Waals surface area contributed by atoms with E-state index in [0.29, 0.717) is 36.0 Å². The van der Waals surface area contributed by atoms with Crippen molar-refractivity contribution in [2.24, 2.45) is 0 Å². The highest BCUT2D eigenvalue weighted by atomic mass is 35.5. The highest BCUT2D eigenvalue weighted by Crippen LogP contribution is 2.22.